The Labute approximate surface area is 112 Å². The number of hydrogen-bond acceptors (Lipinski definition) is 3. The fourth-order valence-electron chi connectivity index (χ4n) is 2.49. The summed E-state index contributed by atoms with van der Waals surface area (Å²) in [7, 11) is 2.09. The molecule has 2 heterocycles. The van der Waals surface area contributed by atoms with E-state index in [9.17, 15) is 4.79 Å². The van der Waals surface area contributed by atoms with E-state index in [1.54, 1.807) is 6.26 Å². The Bertz CT molecular complexity index is 583. The predicted molar refractivity (Wildman–Crippen MR) is 74.0 cm³/mol. The smallest absolute Gasteiger partial charge is 0.230 e. The monoisotopic (exact) mass is 258 g/mol. The van der Waals surface area contributed by atoms with Gasteiger partial charge in [-0.3, -0.25) is 4.79 Å². The van der Waals surface area contributed by atoms with E-state index in [4.69, 9.17) is 4.42 Å². The molecule has 0 atom stereocenters. The van der Waals surface area contributed by atoms with Gasteiger partial charge in [-0.2, -0.15) is 0 Å². The van der Waals surface area contributed by atoms with Crippen LogP contribution in [0.5, 0.6) is 0 Å². The molecule has 1 saturated heterocycles. The summed E-state index contributed by atoms with van der Waals surface area (Å²) in [5.41, 5.74) is 0. The molecule has 0 unspecified atom stereocenters. The second-order valence-corrected chi connectivity index (χ2v) is 5.11. The van der Waals surface area contributed by atoms with Gasteiger partial charge in [0.05, 0.1) is 12.7 Å². The van der Waals surface area contributed by atoms with E-state index in [1.165, 1.54) is 0 Å². The highest BCUT2D eigenvalue weighted by Gasteiger charge is 2.20. The zero-order valence-electron chi connectivity index (χ0n) is 11.1. The Hall–Kier alpha value is -1.81. The van der Waals surface area contributed by atoms with Crippen molar-refractivity contribution in [3.63, 3.8) is 0 Å². The number of likely N-dealkylation sites (N-methyl/N-ethyl adjacent to an activating group) is 1. The number of rotatable bonds is 2. The quantitative estimate of drug-likeness (QED) is 0.823. The standard InChI is InChI=1S/C15H18N2O2/c1-16-6-8-17(9-7-16)15(18)10-14-13-5-3-2-4-12(13)11-19-14/h2-5,11H,6-10H2,1H3. The number of benzene rings is 1. The summed E-state index contributed by atoms with van der Waals surface area (Å²) >= 11 is 0. The van der Waals surface area contributed by atoms with Crippen LogP contribution in [0.25, 0.3) is 10.8 Å². The van der Waals surface area contributed by atoms with Crippen LogP contribution in [-0.4, -0.2) is 48.9 Å². The van der Waals surface area contributed by atoms with Crippen molar-refractivity contribution < 1.29 is 9.21 Å². The zero-order valence-corrected chi connectivity index (χ0v) is 11.1. The minimum atomic E-state index is 0.160. The van der Waals surface area contributed by atoms with Gasteiger partial charge in [-0.05, 0) is 7.05 Å². The Kier molecular flexibility index (Phi) is 3.25. The van der Waals surface area contributed by atoms with E-state index in [-0.39, 0.29) is 5.91 Å². The summed E-state index contributed by atoms with van der Waals surface area (Å²) in [6.07, 6.45) is 2.08. The Morgan fingerprint density at radius 3 is 2.74 bits per heavy atom. The highest BCUT2D eigenvalue weighted by atomic mass is 16.3. The van der Waals surface area contributed by atoms with E-state index >= 15 is 0 Å². The Morgan fingerprint density at radius 2 is 1.95 bits per heavy atom. The molecule has 1 aliphatic heterocycles. The van der Waals surface area contributed by atoms with Crippen LogP contribution in [-0.2, 0) is 11.2 Å². The van der Waals surface area contributed by atoms with Crippen molar-refractivity contribution in [3.8, 4) is 0 Å². The third-order valence-corrected chi connectivity index (χ3v) is 3.76. The topological polar surface area (TPSA) is 36.7 Å². The number of furan rings is 1. The number of amides is 1. The van der Waals surface area contributed by atoms with Gasteiger partial charge in [-0.15, -0.1) is 0 Å². The van der Waals surface area contributed by atoms with Gasteiger partial charge in [0, 0.05) is 37.0 Å². The Morgan fingerprint density at radius 1 is 1.21 bits per heavy atom. The van der Waals surface area contributed by atoms with Gasteiger partial charge in [0.1, 0.15) is 5.76 Å². The van der Waals surface area contributed by atoms with Crippen LogP contribution in [0.15, 0.2) is 34.9 Å². The molecule has 4 nitrogen and oxygen atoms in total. The van der Waals surface area contributed by atoms with E-state index in [0.717, 1.165) is 42.7 Å². The number of nitrogens with zero attached hydrogens (tertiary/aromatic N) is 2. The van der Waals surface area contributed by atoms with Gasteiger partial charge in [0.2, 0.25) is 5.91 Å². The number of fused-ring (bicyclic) bond motifs is 1. The second kappa shape index (κ2) is 5.05. The lowest BCUT2D eigenvalue weighted by atomic mass is 10.1. The van der Waals surface area contributed by atoms with Crippen molar-refractivity contribution in [3.05, 3.63) is 36.3 Å². The summed E-state index contributed by atoms with van der Waals surface area (Å²) in [6, 6.07) is 7.96. The maximum Gasteiger partial charge on any atom is 0.230 e. The van der Waals surface area contributed by atoms with Crippen molar-refractivity contribution in [2.45, 2.75) is 6.42 Å². The fraction of sp³-hybridized carbons (Fsp3) is 0.400. The highest BCUT2D eigenvalue weighted by Crippen LogP contribution is 2.21. The Balaban J connectivity index is 1.72. The van der Waals surface area contributed by atoms with Crippen LogP contribution >= 0.6 is 0 Å². The lowest BCUT2D eigenvalue weighted by molar-refractivity contribution is -0.132. The average molecular weight is 258 g/mol. The van der Waals surface area contributed by atoms with Crippen LogP contribution in [0, 0.1) is 0 Å². The molecule has 0 bridgehead atoms. The van der Waals surface area contributed by atoms with Gasteiger partial charge in [0.25, 0.3) is 0 Å². The largest absolute Gasteiger partial charge is 0.468 e. The minimum Gasteiger partial charge on any atom is -0.468 e. The van der Waals surface area contributed by atoms with E-state index in [0.29, 0.717) is 6.42 Å². The van der Waals surface area contributed by atoms with Crippen LogP contribution in [0.1, 0.15) is 5.76 Å². The molecule has 0 spiro atoms. The summed E-state index contributed by atoms with van der Waals surface area (Å²) in [4.78, 5) is 16.4. The van der Waals surface area contributed by atoms with Crippen LogP contribution < -0.4 is 0 Å². The van der Waals surface area contributed by atoms with Crippen molar-refractivity contribution in [1.82, 2.24) is 9.80 Å². The first-order chi connectivity index (χ1) is 9.24. The molecule has 0 N–H and O–H groups in total. The van der Waals surface area contributed by atoms with Gasteiger partial charge in [-0.25, -0.2) is 0 Å². The summed E-state index contributed by atoms with van der Waals surface area (Å²) < 4.78 is 5.54. The molecule has 3 rings (SSSR count). The summed E-state index contributed by atoms with van der Waals surface area (Å²) in [6.45, 7) is 3.53. The van der Waals surface area contributed by atoms with E-state index in [1.807, 2.05) is 29.2 Å². The molecule has 1 aliphatic rings. The molecular formula is C15H18N2O2. The third-order valence-electron chi connectivity index (χ3n) is 3.76. The highest BCUT2D eigenvalue weighted by molar-refractivity contribution is 5.88. The molecule has 4 heteroatoms. The molecule has 0 radical (unpaired) electrons. The first kappa shape index (κ1) is 12.2. The second-order valence-electron chi connectivity index (χ2n) is 5.11. The van der Waals surface area contributed by atoms with E-state index < -0.39 is 0 Å². The van der Waals surface area contributed by atoms with Crippen molar-refractivity contribution in [2.75, 3.05) is 33.2 Å². The summed E-state index contributed by atoms with van der Waals surface area (Å²) in [5.74, 6) is 0.938. The van der Waals surface area contributed by atoms with Crippen LogP contribution in [0.3, 0.4) is 0 Å². The van der Waals surface area contributed by atoms with Gasteiger partial charge < -0.3 is 14.2 Å². The van der Waals surface area contributed by atoms with Gasteiger partial charge in [0.15, 0.2) is 0 Å². The first-order valence-electron chi connectivity index (χ1n) is 6.65. The number of carbonyl (C=O) groups is 1. The van der Waals surface area contributed by atoms with Gasteiger partial charge >= 0.3 is 0 Å². The van der Waals surface area contributed by atoms with Crippen molar-refractivity contribution in [1.29, 1.82) is 0 Å². The molecular weight excluding hydrogens is 240 g/mol. The molecule has 0 aliphatic carbocycles. The van der Waals surface area contributed by atoms with E-state index in [2.05, 4.69) is 11.9 Å². The zero-order chi connectivity index (χ0) is 13.2. The number of carbonyl (C=O) groups excluding carboxylic acids is 1. The first-order valence-corrected chi connectivity index (χ1v) is 6.65. The average Bonchev–Trinajstić information content (AvgIpc) is 2.83. The fourth-order valence-corrected chi connectivity index (χ4v) is 2.49. The van der Waals surface area contributed by atoms with Crippen LogP contribution in [0.4, 0.5) is 0 Å². The molecule has 1 aromatic heterocycles. The number of hydrogen-bond donors (Lipinski definition) is 0. The molecule has 100 valence electrons. The van der Waals surface area contributed by atoms with Crippen molar-refractivity contribution in [2.24, 2.45) is 0 Å². The molecule has 1 aromatic carbocycles. The molecule has 1 fully saturated rings. The van der Waals surface area contributed by atoms with Gasteiger partial charge in [-0.1, -0.05) is 24.3 Å². The minimum absolute atomic E-state index is 0.160. The number of piperazine rings is 1. The molecule has 0 saturated carbocycles. The summed E-state index contributed by atoms with van der Waals surface area (Å²) in [5, 5.41) is 2.11. The van der Waals surface area contributed by atoms with Crippen LogP contribution in [0.2, 0.25) is 0 Å². The van der Waals surface area contributed by atoms with Crippen molar-refractivity contribution >= 4 is 16.7 Å². The maximum absolute atomic E-state index is 12.3. The lowest BCUT2D eigenvalue weighted by Gasteiger charge is -2.32. The molecule has 2 aromatic rings. The molecule has 19 heavy (non-hydrogen) atoms. The SMILES string of the molecule is CN1CCN(C(=O)Cc2occ3ccccc23)CC1. The molecule has 1 amide bonds. The normalized spacial score (nSPS) is 17.0. The maximum atomic E-state index is 12.3. The predicted octanol–water partition coefficient (Wildman–Crippen LogP) is 1.75. The lowest BCUT2D eigenvalue weighted by Crippen LogP contribution is -2.47. The third kappa shape index (κ3) is 2.49.